The molecule has 0 saturated carbocycles. The lowest BCUT2D eigenvalue weighted by Gasteiger charge is -2.03. The molecule has 0 unspecified atom stereocenters. The molecule has 0 aliphatic heterocycles. The number of benzene rings is 3. The van der Waals surface area contributed by atoms with Crippen LogP contribution in [0.3, 0.4) is 0 Å². The zero-order chi connectivity index (χ0) is 16.8. The highest BCUT2D eigenvalue weighted by Crippen LogP contribution is 2.28. The van der Waals surface area contributed by atoms with E-state index in [1.807, 2.05) is 55.5 Å². The molecule has 0 saturated heterocycles. The summed E-state index contributed by atoms with van der Waals surface area (Å²) in [5.74, 6) is 0. The Labute approximate surface area is 147 Å². The van der Waals surface area contributed by atoms with Gasteiger partial charge in [0.15, 0.2) is 0 Å². The minimum atomic E-state index is 0.679. The SMILES string of the molecule is Cc1ccc(/C(C#N)=C\c2ccc(Sc3ccccc3)cc2)cc1. The highest BCUT2D eigenvalue weighted by Gasteiger charge is 2.02. The summed E-state index contributed by atoms with van der Waals surface area (Å²) in [5.41, 5.74) is 3.85. The van der Waals surface area contributed by atoms with Gasteiger partial charge in [-0.05, 0) is 48.4 Å². The summed E-state index contributed by atoms with van der Waals surface area (Å²) in [6.45, 7) is 2.04. The van der Waals surface area contributed by atoms with Gasteiger partial charge in [0.25, 0.3) is 0 Å². The van der Waals surface area contributed by atoms with E-state index < -0.39 is 0 Å². The number of hydrogen-bond acceptors (Lipinski definition) is 2. The lowest BCUT2D eigenvalue weighted by Crippen LogP contribution is -1.83. The van der Waals surface area contributed by atoms with Crippen LogP contribution in [0.4, 0.5) is 0 Å². The van der Waals surface area contributed by atoms with Gasteiger partial charge in [-0.2, -0.15) is 5.26 Å². The summed E-state index contributed by atoms with van der Waals surface area (Å²) in [4.78, 5) is 2.41. The molecule has 0 amide bonds. The Morgan fingerprint density at radius 2 is 1.46 bits per heavy atom. The maximum atomic E-state index is 9.44. The van der Waals surface area contributed by atoms with Gasteiger partial charge in [0.2, 0.25) is 0 Å². The smallest absolute Gasteiger partial charge is 0.0998 e. The van der Waals surface area contributed by atoms with Crippen LogP contribution in [0.5, 0.6) is 0 Å². The Balaban J connectivity index is 1.79. The van der Waals surface area contributed by atoms with E-state index in [9.17, 15) is 5.26 Å². The van der Waals surface area contributed by atoms with Crippen LogP contribution in [0.1, 0.15) is 16.7 Å². The average Bonchev–Trinajstić information content (AvgIpc) is 2.63. The zero-order valence-electron chi connectivity index (χ0n) is 13.4. The van der Waals surface area contributed by atoms with Crippen LogP contribution in [0.15, 0.2) is 88.7 Å². The van der Waals surface area contributed by atoms with Crippen molar-refractivity contribution >= 4 is 23.4 Å². The molecule has 3 aromatic rings. The van der Waals surface area contributed by atoms with Gasteiger partial charge >= 0.3 is 0 Å². The molecule has 0 heterocycles. The topological polar surface area (TPSA) is 23.8 Å². The predicted octanol–water partition coefficient (Wildman–Crippen LogP) is 6.21. The van der Waals surface area contributed by atoms with Crippen molar-refractivity contribution in [3.05, 3.63) is 95.6 Å². The Kier molecular flexibility index (Phi) is 5.15. The number of rotatable bonds is 4. The second-order valence-corrected chi connectivity index (χ2v) is 6.67. The van der Waals surface area contributed by atoms with Crippen molar-refractivity contribution in [2.75, 3.05) is 0 Å². The third-order valence-electron chi connectivity index (χ3n) is 3.65. The van der Waals surface area contributed by atoms with E-state index in [4.69, 9.17) is 0 Å². The molecule has 0 aliphatic rings. The molecule has 0 bridgehead atoms. The molecular formula is C22H17NS. The molecule has 0 atom stereocenters. The van der Waals surface area contributed by atoms with E-state index in [-0.39, 0.29) is 0 Å². The van der Waals surface area contributed by atoms with Crippen molar-refractivity contribution < 1.29 is 0 Å². The quantitative estimate of drug-likeness (QED) is 0.420. The van der Waals surface area contributed by atoms with E-state index in [2.05, 4.69) is 42.5 Å². The minimum absolute atomic E-state index is 0.679. The van der Waals surface area contributed by atoms with E-state index in [1.165, 1.54) is 15.4 Å². The second kappa shape index (κ2) is 7.68. The van der Waals surface area contributed by atoms with E-state index in [1.54, 1.807) is 11.8 Å². The van der Waals surface area contributed by atoms with Crippen LogP contribution in [0.2, 0.25) is 0 Å². The summed E-state index contributed by atoms with van der Waals surface area (Å²) >= 11 is 1.73. The largest absolute Gasteiger partial charge is 0.192 e. The van der Waals surface area contributed by atoms with Crippen LogP contribution >= 0.6 is 11.8 Å². The van der Waals surface area contributed by atoms with Gasteiger partial charge in [-0.15, -0.1) is 0 Å². The van der Waals surface area contributed by atoms with Crippen molar-refractivity contribution in [1.82, 2.24) is 0 Å². The van der Waals surface area contributed by atoms with Gasteiger partial charge in [-0.1, -0.05) is 71.9 Å². The maximum Gasteiger partial charge on any atom is 0.0998 e. The third kappa shape index (κ3) is 4.16. The molecule has 3 rings (SSSR count). The lowest BCUT2D eigenvalue weighted by atomic mass is 10.0. The minimum Gasteiger partial charge on any atom is -0.192 e. The second-order valence-electron chi connectivity index (χ2n) is 5.52. The van der Waals surface area contributed by atoms with E-state index in [0.717, 1.165) is 11.1 Å². The molecule has 3 aromatic carbocycles. The fraction of sp³-hybridized carbons (Fsp3) is 0.0455. The van der Waals surface area contributed by atoms with Crippen molar-refractivity contribution in [2.45, 2.75) is 16.7 Å². The molecular weight excluding hydrogens is 310 g/mol. The normalized spacial score (nSPS) is 11.1. The van der Waals surface area contributed by atoms with Crippen molar-refractivity contribution in [3.8, 4) is 6.07 Å². The fourth-order valence-corrected chi connectivity index (χ4v) is 3.17. The van der Waals surface area contributed by atoms with Crippen LogP contribution in [0.25, 0.3) is 11.6 Å². The zero-order valence-corrected chi connectivity index (χ0v) is 14.3. The van der Waals surface area contributed by atoms with Gasteiger partial charge in [0.1, 0.15) is 0 Å². The summed E-state index contributed by atoms with van der Waals surface area (Å²) in [6.07, 6.45) is 1.93. The molecule has 0 aliphatic carbocycles. The summed E-state index contributed by atoms with van der Waals surface area (Å²) < 4.78 is 0. The molecule has 1 nitrogen and oxygen atoms in total. The molecule has 0 aromatic heterocycles. The highest BCUT2D eigenvalue weighted by atomic mass is 32.2. The maximum absolute atomic E-state index is 9.44. The van der Waals surface area contributed by atoms with Crippen molar-refractivity contribution in [2.24, 2.45) is 0 Å². The van der Waals surface area contributed by atoms with E-state index in [0.29, 0.717) is 5.57 Å². The standard InChI is InChI=1S/C22H17NS/c1-17-7-11-19(12-8-17)20(16-23)15-18-9-13-22(14-10-18)24-21-5-3-2-4-6-21/h2-15H,1H3/b20-15-. The van der Waals surface area contributed by atoms with Crippen LogP contribution in [-0.4, -0.2) is 0 Å². The van der Waals surface area contributed by atoms with Gasteiger partial charge in [-0.25, -0.2) is 0 Å². The van der Waals surface area contributed by atoms with Gasteiger partial charge in [0.05, 0.1) is 11.6 Å². The first-order valence-electron chi connectivity index (χ1n) is 7.76. The molecule has 0 fully saturated rings. The Morgan fingerprint density at radius 1 is 0.833 bits per heavy atom. The molecule has 0 radical (unpaired) electrons. The van der Waals surface area contributed by atoms with Crippen molar-refractivity contribution in [3.63, 3.8) is 0 Å². The van der Waals surface area contributed by atoms with E-state index >= 15 is 0 Å². The number of allylic oxidation sites excluding steroid dienone is 1. The molecule has 0 spiro atoms. The van der Waals surface area contributed by atoms with Gasteiger partial charge in [-0.3, -0.25) is 0 Å². The molecule has 116 valence electrons. The summed E-state index contributed by atoms with van der Waals surface area (Å²) in [6, 6.07) is 28.9. The first-order valence-corrected chi connectivity index (χ1v) is 8.58. The summed E-state index contributed by atoms with van der Waals surface area (Å²) in [7, 11) is 0. The first-order chi connectivity index (χ1) is 11.7. The molecule has 0 N–H and O–H groups in total. The number of aryl methyl sites for hydroxylation is 1. The van der Waals surface area contributed by atoms with Gasteiger partial charge in [0, 0.05) is 9.79 Å². The van der Waals surface area contributed by atoms with Gasteiger partial charge < -0.3 is 0 Å². The third-order valence-corrected chi connectivity index (χ3v) is 4.67. The fourth-order valence-electron chi connectivity index (χ4n) is 2.34. The molecule has 2 heteroatoms. The van der Waals surface area contributed by atoms with Crippen LogP contribution in [0, 0.1) is 18.3 Å². The van der Waals surface area contributed by atoms with Crippen LogP contribution in [-0.2, 0) is 0 Å². The Bertz CT molecular complexity index is 870. The van der Waals surface area contributed by atoms with Crippen LogP contribution < -0.4 is 0 Å². The highest BCUT2D eigenvalue weighted by molar-refractivity contribution is 7.99. The lowest BCUT2D eigenvalue weighted by molar-refractivity contribution is 1.40. The predicted molar refractivity (Wildman–Crippen MR) is 102 cm³/mol. The average molecular weight is 327 g/mol. The summed E-state index contributed by atoms with van der Waals surface area (Å²) in [5, 5.41) is 9.44. The van der Waals surface area contributed by atoms with Crippen molar-refractivity contribution in [1.29, 1.82) is 5.26 Å². The molecule has 24 heavy (non-hydrogen) atoms. The number of nitriles is 1. The first kappa shape index (κ1) is 16.1. The Hall–Kier alpha value is -2.76. The number of hydrogen-bond donors (Lipinski definition) is 0. The monoisotopic (exact) mass is 327 g/mol. The number of nitrogens with zero attached hydrogens (tertiary/aromatic N) is 1. The Morgan fingerprint density at radius 3 is 2.08 bits per heavy atom.